The van der Waals surface area contributed by atoms with E-state index in [-0.39, 0.29) is 18.0 Å². The van der Waals surface area contributed by atoms with Crippen molar-refractivity contribution in [2.75, 3.05) is 26.3 Å². The van der Waals surface area contributed by atoms with Gasteiger partial charge in [0, 0.05) is 22.7 Å². The summed E-state index contributed by atoms with van der Waals surface area (Å²) in [5, 5.41) is 2.38. The van der Waals surface area contributed by atoms with Gasteiger partial charge in [0.25, 0.3) is 0 Å². The normalized spacial score (nSPS) is 16.1. The van der Waals surface area contributed by atoms with Gasteiger partial charge in [-0.1, -0.05) is 40.2 Å². The van der Waals surface area contributed by atoms with Gasteiger partial charge in [-0.3, -0.25) is 0 Å². The summed E-state index contributed by atoms with van der Waals surface area (Å²) < 4.78 is 11.5. The Hall–Kier alpha value is -1.85. The van der Waals surface area contributed by atoms with Crippen LogP contribution in [0.25, 0.3) is 0 Å². The third kappa shape index (κ3) is 4.27. The topological polar surface area (TPSA) is 52.1 Å². The highest BCUT2D eigenvalue weighted by Crippen LogP contribution is 2.40. The lowest BCUT2D eigenvalue weighted by Crippen LogP contribution is -2.87. The van der Waals surface area contributed by atoms with E-state index in [4.69, 9.17) is 9.47 Å². The summed E-state index contributed by atoms with van der Waals surface area (Å²) in [5.41, 5.74) is 2.69. The third-order valence-corrected chi connectivity index (χ3v) is 5.54. The molecule has 2 aromatic carbocycles. The molecule has 5 heteroatoms. The number of nitrogens with two attached hydrogens (primary N) is 1. The summed E-state index contributed by atoms with van der Waals surface area (Å²) in [7, 11) is 0. The predicted octanol–water partition coefficient (Wildman–Crippen LogP) is 3.03. The molecule has 138 valence electrons. The van der Waals surface area contributed by atoms with Crippen LogP contribution in [-0.4, -0.2) is 32.3 Å². The Morgan fingerprint density at radius 3 is 2.19 bits per heavy atom. The largest absolute Gasteiger partial charge is 0.482 e. The molecule has 0 radical (unpaired) electrons. The lowest BCUT2D eigenvalue weighted by Gasteiger charge is -2.37. The van der Waals surface area contributed by atoms with Crippen molar-refractivity contribution in [2.45, 2.75) is 25.2 Å². The predicted molar refractivity (Wildman–Crippen MR) is 104 cm³/mol. The van der Waals surface area contributed by atoms with Crippen molar-refractivity contribution >= 4 is 21.9 Å². The first-order valence-electron chi connectivity index (χ1n) is 9.11. The van der Waals surface area contributed by atoms with Crippen LogP contribution in [0.15, 0.2) is 53.0 Å². The zero-order chi connectivity index (χ0) is 18.4. The van der Waals surface area contributed by atoms with Gasteiger partial charge in [-0.2, -0.15) is 0 Å². The van der Waals surface area contributed by atoms with Gasteiger partial charge in [0.15, 0.2) is 6.61 Å². The average molecular weight is 419 g/mol. The number of esters is 1. The van der Waals surface area contributed by atoms with Crippen LogP contribution in [0.4, 0.5) is 0 Å². The molecule has 1 fully saturated rings. The zero-order valence-electron chi connectivity index (χ0n) is 15.0. The molecule has 1 saturated heterocycles. The second kappa shape index (κ2) is 8.69. The van der Waals surface area contributed by atoms with Gasteiger partial charge in [-0.05, 0) is 42.3 Å². The second-order valence-electron chi connectivity index (χ2n) is 6.57. The summed E-state index contributed by atoms with van der Waals surface area (Å²) in [4.78, 5) is 11.4. The van der Waals surface area contributed by atoms with E-state index in [2.05, 4.69) is 57.6 Å². The second-order valence-corrected chi connectivity index (χ2v) is 7.49. The van der Waals surface area contributed by atoms with Crippen LogP contribution in [-0.2, 0) is 14.9 Å². The van der Waals surface area contributed by atoms with Crippen LogP contribution in [0.5, 0.6) is 5.75 Å². The van der Waals surface area contributed by atoms with Crippen LogP contribution in [0.1, 0.15) is 30.9 Å². The van der Waals surface area contributed by atoms with Crippen molar-refractivity contribution in [1.82, 2.24) is 0 Å². The maximum atomic E-state index is 11.4. The molecule has 0 saturated carbocycles. The molecule has 2 aromatic rings. The first kappa shape index (κ1) is 18.9. The Morgan fingerprint density at radius 1 is 1.04 bits per heavy atom. The van der Waals surface area contributed by atoms with Gasteiger partial charge in [0.2, 0.25) is 0 Å². The highest BCUT2D eigenvalue weighted by molar-refractivity contribution is 9.10. The maximum Gasteiger partial charge on any atom is 0.344 e. The number of halogens is 1. The summed E-state index contributed by atoms with van der Waals surface area (Å²) in [6.45, 7) is 4.35. The van der Waals surface area contributed by atoms with Crippen molar-refractivity contribution in [2.24, 2.45) is 0 Å². The smallest absolute Gasteiger partial charge is 0.344 e. The fourth-order valence-electron chi connectivity index (χ4n) is 3.69. The Bertz CT molecular complexity index is 722. The van der Waals surface area contributed by atoms with Crippen LogP contribution < -0.4 is 10.1 Å². The lowest BCUT2D eigenvalue weighted by molar-refractivity contribution is -0.665. The van der Waals surface area contributed by atoms with Crippen molar-refractivity contribution < 1.29 is 19.6 Å². The molecule has 4 nitrogen and oxygen atoms in total. The van der Waals surface area contributed by atoms with E-state index in [1.807, 2.05) is 12.1 Å². The molecule has 0 aromatic heterocycles. The summed E-state index contributed by atoms with van der Waals surface area (Å²) in [6, 6.07) is 16.8. The fraction of sp³-hybridized carbons (Fsp3) is 0.381. The molecule has 1 heterocycles. The van der Waals surface area contributed by atoms with Gasteiger partial charge in [-0.15, -0.1) is 0 Å². The molecule has 0 aliphatic carbocycles. The molecule has 2 N–H and O–H groups in total. The highest BCUT2D eigenvalue weighted by Gasteiger charge is 2.37. The number of quaternary nitrogens is 1. The van der Waals surface area contributed by atoms with Crippen LogP contribution >= 0.6 is 15.9 Å². The molecule has 0 unspecified atom stereocenters. The molecule has 0 atom stereocenters. The first-order valence-corrected chi connectivity index (χ1v) is 9.90. The van der Waals surface area contributed by atoms with E-state index in [0.717, 1.165) is 30.4 Å². The van der Waals surface area contributed by atoms with E-state index >= 15 is 0 Å². The summed E-state index contributed by atoms with van der Waals surface area (Å²) in [5.74, 6) is 0.348. The zero-order valence-corrected chi connectivity index (χ0v) is 16.6. The number of hydrogen-bond donors (Lipinski definition) is 1. The first-order chi connectivity index (χ1) is 12.6. The van der Waals surface area contributed by atoms with E-state index < -0.39 is 0 Å². The molecule has 1 aliphatic rings. The molecule has 1 aliphatic heterocycles. The third-order valence-electron chi connectivity index (χ3n) is 5.02. The fourth-order valence-corrected chi connectivity index (χ4v) is 3.96. The molecule has 0 bridgehead atoms. The Kier molecular flexibility index (Phi) is 6.33. The van der Waals surface area contributed by atoms with Gasteiger partial charge >= 0.3 is 5.97 Å². The number of carbonyl (C=O) groups excluding carboxylic acids is 1. The lowest BCUT2D eigenvalue weighted by atomic mass is 9.68. The van der Waals surface area contributed by atoms with Crippen LogP contribution in [0.2, 0.25) is 0 Å². The molecular weight excluding hydrogens is 394 g/mol. The minimum absolute atomic E-state index is 0.0368. The van der Waals surface area contributed by atoms with Gasteiger partial charge in [0.1, 0.15) is 5.75 Å². The number of rotatable bonds is 6. The number of hydrogen-bond acceptors (Lipinski definition) is 3. The monoisotopic (exact) mass is 418 g/mol. The summed E-state index contributed by atoms with van der Waals surface area (Å²) in [6.07, 6.45) is 2.22. The van der Waals surface area contributed by atoms with Crippen molar-refractivity contribution in [3.8, 4) is 5.75 Å². The molecule has 3 rings (SSSR count). The molecule has 26 heavy (non-hydrogen) atoms. The van der Waals surface area contributed by atoms with E-state index in [1.54, 1.807) is 6.92 Å². The highest BCUT2D eigenvalue weighted by atomic mass is 79.9. The number of carbonyl (C=O) groups is 1. The molecule has 0 spiro atoms. The van der Waals surface area contributed by atoms with E-state index in [9.17, 15) is 4.79 Å². The maximum absolute atomic E-state index is 11.4. The van der Waals surface area contributed by atoms with Gasteiger partial charge < -0.3 is 14.8 Å². The van der Waals surface area contributed by atoms with Crippen LogP contribution in [0, 0.1) is 0 Å². The number of ether oxygens (including phenoxy) is 2. The van der Waals surface area contributed by atoms with Crippen molar-refractivity contribution in [1.29, 1.82) is 0 Å². The van der Waals surface area contributed by atoms with Crippen LogP contribution in [0.3, 0.4) is 0 Å². The number of piperidine rings is 1. The number of benzene rings is 2. The van der Waals surface area contributed by atoms with E-state index in [0.29, 0.717) is 12.4 Å². The van der Waals surface area contributed by atoms with Gasteiger partial charge in [0.05, 0.1) is 19.7 Å². The minimum Gasteiger partial charge on any atom is -0.482 e. The quantitative estimate of drug-likeness (QED) is 0.733. The molecule has 0 amide bonds. The van der Waals surface area contributed by atoms with Crippen molar-refractivity contribution in [3.05, 3.63) is 64.1 Å². The van der Waals surface area contributed by atoms with E-state index in [1.165, 1.54) is 11.1 Å². The Labute approximate surface area is 163 Å². The minimum atomic E-state index is -0.342. The summed E-state index contributed by atoms with van der Waals surface area (Å²) >= 11 is 3.53. The standard InChI is InChI=1S/C21H24BrNO3/c1-2-25-20(24)15-26-19-9-5-17(6-10-19)21(11-13-23-14-12-21)16-3-7-18(22)8-4-16/h3-10,23H,2,11-15H2,1H3/p+1. The van der Waals surface area contributed by atoms with Gasteiger partial charge in [-0.25, -0.2) is 4.79 Å². The Morgan fingerprint density at radius 2 is 1.62 bits per heavy atom. The van der Waals surface area contributed by atoms with Crippen molar-refractivity contribution in [3.63, 3.8) is 0 Å². The molecular formula is C21H25BrNO3+. The average Bonchev–Trinajstić information content (AvgIpc) is 2.68. The SMILES string of the molecule is CCOC(=O)COc1ccc(C2(c3ccc(Br)cc3)CC[NH2+]CC2)cc1. The Balaban J connectivity index is 1.81.